The number of carbonyl (C=O) groups excluding carboxylic acids is 1. The minimum Gasteiger partial charge on any atom is -0.496 e. The molecule has 0 bridgehead atoms. The van der Waals surface area contributed by atoms with E-state index < -0.39 is 11.6 Å². The van der Waals surface area contributed by atoms with Gasteiger partial charge in [-0.15, -0.1) is 0 Å². The fourth-order valence-corrected chi connectivity index (χ4v) is 1.20. The molecule has 0 unspecified atom stereocenters. The van der Waals surface area contributed by atoms with Gasteiger partial charge in [-0.2, -0.15) is 0 Å². The number of aryl methyl sites for hydroxylation is 1. The number of halogens is 1. The first kappa shape index (κ1) is 10.7. The zero-order valence-corrected chi connectivity index (χ0v) is 8.13. The van der Waals surface area contributed by atoms with Gasteiger partial charge in [-0.3, -0.25) is 4.79 Å². The zero-order valence-electron chi connectivity index (χ0n) is 8.13. The minimum absolute atomic E-state index is 0.0186. The molecular weight excluding hydrogens is 185 g/mol. The summed E-state index contributed by atoms with van der Waals surface area (Å²) in [6.45, 7) is 1.50. The molecule has 0 saturated carbocycles. The lowest BCUT2D eigenvalue weighted by molar-refractivity contribution is 0.0997. The molecule has 14 heavy (non-hydrogen) atoms. The molecule has 2 N–H and O–H groups in total. The summed E-state index contributed by atoms with van der Waals surface area (Å²) in [5.74, 6) is -0.497. The molecule has 0 fully saturated rings. The van der Waals surface area contributed by atoms with Crippen LogP contribution in [0.3, 0.4) is 0 Å². The Morgan fingerprint density at radius 3 is 2.71 bits per heavy atom. The lowest BCUT2D eigenvalue weighted by Crippen LogP contribution is -2.15. The fourth-order valence-electron chi connectivity index (χ4n) is 1.20. The zero-order chi connectivity index (χ0) is 10.7. The van der Waals surface area contributed by atoms with E-state index in [-0.39, 0.29) is 12.1 Å². The standard InChI is InChI=1S/C10H12FNO2/c1-6-3-8(11)7(9(13)5-12)4-10(6)14-2/h3-4H,5,12H2,1-2H3. The predicted molar refractivity (Wildman–Crippen MR) is 51.1 cm³/mol. The van der Waals surface area contributed by atoms with Crippen molar-refractivity contribution in [2.24, 2.45) is 5.73 Å². The van der Waals surface area contributed by atoms with Crippen LogP contribution in [0.5, 0.6) is 5.75 Å². The highest BCUT2D eigenvalue weighted by molar-refractivity contribution is 5.98. The molecule has 0 aliphatic carbocycles. The summed E-state index contributed by atoms with van der Waals surface area (Å²) in [5, 5.41) is 0. The lowest BCUT2D eigenvalue weighted by Gasteiger charge is -2.07. The van der Waals surface area contributed by atoms with Crippen molar-refractivity contribution in [2.75, 3.05) is 13.7 Å². The van der Waals surface area contributed by atoms with Gasteiger partial charge >= 0.3 is 0 Å². The molecule has 0 aliphatic rings. The first-order valence-electron chi connectivity index (χ1n) is 4.17. The van der Waals surface area contributed by atoms with E-state index in [1.807, 2.05) is 0 Å². The van der Waals surface area contributed by atoms with Gasteiger partial charge in [-0.05, 0) is 24.6 Å². The van der Waals surface area contributed by atoms with E-state index in [0.29, 0.717) is 11.3 Å². The van der Waals surface area contributed by atoms with Gasteiger partial charge < -0.3 is 10.5 Å². The predicted octanol–water partition coefficient (Wildman–Crippen LogP) is 1.28. The number of hydrogen-bond donors (Lipinski definition) is 1. The van der Waals surface area contributed by atoms with E-state index in [4.69, 9.17) is 10.5 Å². The second-order valence-electron chi connectivity index (χ2n) is 2.93. The maximum Gasteiger partial charge on any atom is 0.179 e. The third kappa shape index (κ3) is 1.90. The summed E-state index contributed by atoms with van der Waals surface area (Å²) >= 11 is 0. The molecule has 1 aromatic rings. The quantitative estimate of drug-likeness (QED) is 0.743. The molecule has 0 aliphatic heterocycles. The number of ketones is 1. The SMILES string of the molecule is COc1cc(C(=O)CN)c(F)cc1C. The Hall–Kier alpha value is -1.42. The Kier molecular flexibility index (Phi) is 3.19. The Balaban J connectivity index is 3.24. The maximum atomic E-state index is 13.3. The van der Waals surface area contributed by atoms with Crippen LogP contribution in [0.25, 0.3) is 0 Å². The molecule has 1 rings (SSSR count). The van der Waals surface area contributed by atoms with Gasteiger partial charge in [0.2, 0.25) is 0 Å². The van der Waals surface area contributed by atoms with Crippen LogP contribution in [0.1, 0.15) is 15.9 Å². The summed E-state index contributed by atoms with van der Waals surface area (Å²) in [5.41, 5.74) is 5.78. The summed E-state index contributed by atoms with van der Waals surface area (Å²) in [6.07, 6.45) is 0. The first-order chi connectivity index (χ1) is 6.60. The average Bonchev–Trinajstić information content (AvgIpc) is 2.17. The van der Waals surface area contributed by atoms with Gasteiger partial charge in [-0.25, -0.2) is 4.39 Å². The number of hydrogen-bond acceptors (Lipinski definition) is 3. The summed E-state index contributed by atoms with van der Waals surface area (Å²) in [6, 6.07) is 2.64. The monoisotopic (exact) mass is 197 g/mol. The fraction of sp³-hybridized carbons (Fsp3) is 0.300. The van der Waals surface area contributed by atoms with Crippen LogP contribution in [0.15, 0.2) is 12.1 Å². The molecule has 1 aromatic carbocycles. The van der Waals surface area contributed by atoms with E-state index in [0.717, 1.165) is 0 Å². The number of benzene rings is 1. The molecule has 76 valence electrons. The molecular formula is C10H12FNO2. The van der Waals surface area contributed by atoms with Gasteiger partial charge in [0.25, 0.3) is 0 Å². The molecule has 3 nitrogen and oxygen atoms in total. The lowest BCUT2D eigenvalue weighted by atomic mass is 10.1. The van der Waals surface area contributed by atoms with Crippen LogP contribution in [0.4, 0.5) is 4.39 Å². The third-order valence-electron chi connectivity index (χ3n) is 1.97. The largest absolute Gasteiger partial charge is 0.496 e. The van der Waals surface area contributed by atoms with Gasteiger partial charge in [-0.1, -0.05) is 0 Å². The number of methoxy groups -OCH3 is 1. The Morgan fingerprint density at radius 2 is 2.21 bits per heavy atom. The van der Waals surface area contributed by atoms with Crippen LogP contribution < -0.4 is 10.5 Å². The van der Waals surface area contributed by atoms with Crippen LogP contribution in [-0.2, 0) is 0 Å². The number of ether oxygens (including phenoxy) is 1. The van der Waals surface area contributed by atoms with Crippen molar-refractivity contribution < 1.29 is 13.9 Å². The van der Waals surface area contributed by atoms with E-state index in [1.165, 1.54) is 19.2 Å². The van der Waals surface area contributed by atoms with Crippen LogP contribution in [0.2, 0.25) is 0 Å². The first-order valence-corrected chi connectivity index (χ1v) is 4.17. The number of nitrogens with two attached hydrogens (primary N) is 1. The van der Waals surface area contributed by atoms with Crippen LogP contribution in [0, 0.1) is 12.7 Å². The highest BCUT2D eigenvalue weighted by Crippen LogP contribution is 2.22. The number of carbonyl (C=O) groups is 1. The Labute approximate surface area is 81.7 Å². The maximum absolute atomic E-state index is 13.3. The molecule has 0 spiro atoms. The highest BCUT2D eigenvalue weighted by atomic mass is 19.1. The van der Waals surface area contributed by atoms with Gasteiger partial charge in [0, 0.05) is 0 Å². The number of rotatable bonds is 3. The van der Waals surface area contributed by atoms with E-state index >= 15 is 0 Å². The van der Waals surface area contributed by atoms with E-state index in [2.05, 4.69) is 0 Å². The minimum atomic E-state index is -0.557. The summed E-state index contributed by atoms with van der Waals surface area (Å²) in [7, 11) is 1.47. The molecule has 4 heteroatoms. The van der Waals surface area contributed by atoms with Crippen LogP contribution >= 0.6 is 0 Å². The van der Waals surface area contributed by atoms with Crippen molar-refractivity contribution in [3.63, 3.8) is 0 Å². The third-order valence-corrected chi connectivity index (χ3v) is 1.97. The number of Topliss-reactive ketones (excluding diaryl/α,β-unsaturated/α-hetero) is 1. The van der Waals surface area contributed by atoms with Gasteiger partial charge in [0.15, 0.2) is 5.78 Å². The summed E-state index contributed by atoms with van der Waals surface area (Å²) < 4.78 is 18.2. The molecule has 0 radical (unpaired) electrons. The van der Waals surface area contributed by atoms with Gasteiger partial charge in [0.05, 0.1) is 19.2 Å². The molecule has 0 amide bonds. The highest BCUT2D eigenvalue weighted by Gasteiger charge is 2.13. The van der Waals surface area contributed by atoms with E-state index in [1.54, 1.807) is 6.92 Å². The van der Waals surface area contributed by atoms with Crippen molar-refractivity contribution in [2.45, 2.75) is 6.92 Å². The van der Waals surface area contributed by atoms with Crippen molar-refractivity contribution in [1.82, 2.24) is 0 Å². The van der Waals surface area contributed by atoms with Crippen molar-refractivity contribution >= 4 is 5.78 Å². The molecule has 0 aromatic heterocycles. The topological polar surface area (TPSA) is 52.3 Å². The van der Waals surface area contributed by atoms with Crippen molar-refractivity contribution in [3.05, 3.63) is 29.1 Å². The van der Waals surface area contributed by atoms with Crippen molar-refractivity contribution in [3.8, 4) is 5.75 Å². The van der Waals surface area contributed by atoms with E-state index in [9.17, 15) is 9.18 Å². The molecule has 0 atom stereocenters. The Morgan fingerprint density at radius 1 is 1.57 bits per heavy atom. The molecule has 0 saturated heterocycles. The normalized spacial score (nSPS) is 10.0. The van der Waals surface area contributed by atoms with Crippen LogP contribution in [-0.4, -0.2) is 19.4 Å². The average molecular weight is 197 g/mol. The molecule has 0 heterocycles. The smallest absolute Gasteiger partial charge is 0.179 e. The second-order valence-corrected chi connectivity index (χ2v) is 2.93. The van der Waals surface area contributed by atoms with Gasteiger partial charge in [0.1, 0.15) is 11.6 Å². The second kappa shape index (κ2) is 4.19. The van der Waals surface area contributed by atoms with Crippen molar-refractivity contribution in [1.29, 1.82) is 0 Å². The Bertz CT molecular complexity index is 363. The summed E-state index contributed by atoms with van der Waals surface area (Å²) in [4.78, 5) is 11.2.